The third kappa shape index (κ3) is 10.00. The fourth-order valence-corrected chi connectivity index (χ4v) is 2.94. The topological polar surface area (TPSA) is 57.2 Å². The van der Waals surface area contributed by atoms with Gasteiger partial charge in [-0.05, 0) is 46.0 Å². The Kier molecular flexibility index (Phi) is 12.7. The summed E-state index contributed by atoms with van der Waals surface area (Å²) < 4.78 is 24.3. The molecule has 0 radical (unpaired) electrons. The minimum Gasteiger partial charge on any atom is -0.390 e. The van der Waals surface area contributed by atoms with E-state index in [4.69, 9.17) is 18.9 Å². The van der Waals surface area contributed by atoms with Crippen LogP contribution in [-0.4, -0.2) is 77.0 Å². The minimum absolute atomic E-state index is 0.149. The first-order valence-corrected chi connectivity index (χ1v) is 11.8. The van der Waals surface area contributed by atoms with Crippen LogP contribution in [0.4, 0.5) is 0 Å². The van der Waals surface area contributed by atoms with Crippen molar-refractivity contribution in [1.29, 1.82) is 0 Å². The molecule has 1 N–H and O–H groups in total. The van der Waals surface area contributed by atoms with Gasteiger partial charge in [0.2, 0.25) is 0 Å². The molecule has 0 rings (SSSR count). The average molecular weight is 440 g/mol. The highest BCUT2D eigenvalue weighted by atomic mass is 16.5. The lowest BCUT2D eigenvalue weighted by atomic mass is 9.58. The maximum atomic E-state index is 10.6. The van der Waals surface area contributed by atoms with Gasteiger partial charge in [0, 0.05) is 29.4 Å². The molecular weight excluding hydrogens is 390 g/mol. The van der Waals surface area contributed by atoms with Gasteiger partial charge >= 0.3 is 0 Å². The highest BCUT2D eigenvalue weighted by molar-refractivity contribution is 6.15. The van der Waals surface area contributed by atoms with E-state index in [9.17, 15) is 5.11 Å². The average Bonchev–Trinajstić information content (AvgIpc) is 2.62. The molecule has 0 aromatic rings. The van der Waals surface area contributed by atoms with Gasteiger partial charge in [-0.25, -0.2) is 0 Å². The quantitative estimate of drug-likeness (QED) is 0.214. The third-order valence-electron chi connectivity index (χ3n) is 7.34. The highest BCUT2D eigenvalue weighted by Crippen LogP contribution is 2.41. The summed E-state index contributed by atoms with van der Waals surface area (Å²) in [5.74, 6) is 0.415. The molecule has 5 nitrogen and oxygen atoms in total. The first kappa shape index (κ1) is 30.7. The number of rotatable bonds is 17. The number of aliphatic hydroxyl groups is 1. The molecule has 0 saturated heterocycles. The summed E-state index contributed by atoms with van der Waals surface area (Å²) in [6.07, 6.45) is 1.71. The van der Waals surface area contributed by atoms with Gasteiger partial charge in [-0.15, -0.1) is 6.58 Å². The minimum atomic E-state index is -0.906. The smallest absolute Gasteiger partial charge is 0.143 e. The van der Waals surface area contributed by atoms with Crippen LogP contribution in [0, 0.1) is 23.2 Å². The van der Waals surface area contributed by atoms with Crippen molar-refractivity contribution >= 4 is 15.7 Å². The summed E-state index contributed by atoms with van der Waals surface area (Å²) in [4.78, 5) is 0. The van der Waals surface area contributed by atoms with E-state index in [0.29, 0.717) is 45.6 Å². The van der Waals surface area contributed by atoms with Crippen LogP contribution < -0.4 is 0 Å². The fraction of sp³-hybridized carbons (Fsp3) is 0.917. The Morgan fingerprint density at radius 1 is 0.871 bits per heavy atom. The lowest BCUT2D eigenvalue weighted by Gasteiger charge is -2.48. The first-order chi connectivity index (χ1) is 14.0. The van der Waals surface area contributed by atoms with Crippen LogP contribution in [0.2, 0.25) is 0 Å². The normalized spacial score (nSPS) is 18.9. The monoisotopic (exact) mass is 440 g/mol. The Balaban J connectivity index is 5.41. The van der Waals surface area contributed by atoms with Crippen molar-refractivity contribution < 1.29 is 24.1 Å². The van der Waals surface area contributed by atoms with Crippen molar-refractivity contribution in [3.8, 4) is 0 Å². The van der Waals surface area contributed by atoms with Crippen LogP contribution in [0.25, 0.3) is 0 Å². The van der Waals surface area contributed by atoms with Crippen LogP contribution >= 0.6 is 0 Å². The van der Waals surface area contributed by atoms with Gasteiger partial charge in [-0.3, -0.25) is 0 Å². The Morgan fingerprint density at radius 3 is 1.84 bits per heavy atom. The van der Waals surface area contributed by atoms with Gasteiger partial charge in [0.15, 0.2) is 0 Å². The Bertz CT molecular complexity index is 513. The fourth-order valence-electron chi connectivity index (χ4n) is 2.94. The van der Waals surface area contributed by atoms with E-state index in [0.717, 1.165) is 0 Å². The van der Waals surface area contributed by atoms with Crippen molar-refractivity contribution in [3.63, 3.8) is 0 Å². The molecule has 0 amide bonds. The second-order valence-electron chi connectivity index (χ2n) is 11.1. The van der Waals surface area contributed by atoms with E-state index < -0.39 is 11.1 Å². The Hall–Kier alpha value is -0.330. The molecule has 182 valence electrons. The van der Waals surface area contributed by atoms with E-state index in [1.807, 2.05) is 6.92 Å². The lowest BCUT2D eigenvalue weighted by Crippen LogP contribution is -2.54. The molecule has 0 saturated carbocycles. The molecule has 0 aliphatic heterocycles. The largest absolute Gasteiger partial charge is 0.390 e. The van der Waals surface area contributed by atoms with Crippen molar-refractivity contribution in [2.24, 2.45) is 23.2 Å². The molecule has 0 spiro atoms. The van der Waals surface area contributed by atoms with E-state index >= 15 is 0 Å². The maximum absolute atomic E-state index is 10.6. The first-order valence-electron chi connectivity index (χ1n) is 11.8. The summed E-state index contributed by atoms with van der Waals surface area (Å²) >= 11 is 0. The Labute approximate surface area is 194 Å². The van der Waals surface area contributed by atoms with Crippen LogP contribution in [-0.2, 0) is 18.9 Å². The maximum Gasteiger partial charge on any atom is 0.143 e. The van der Waals surface area contributed by atoms with Crippen molar-refractivity contribution in [3.05, 3.63) is 12.7 Å². The zero-order valence-corrected chi connectivity index (χ0v) is 22.3. The number of ether oxygens (including phenoxy) is 4. The molecule has 31 heavy (non-hydrogen) atoms. The molecule has 0 aromatic heterocycles. The van der Waals surface area contributed by atoms with Gasteiger partial charge in [0.25, 0.3) is 0 Å². The highest BCUT2D eigenvalue weighted by Gasteiger charge is 2.45. The molecule has 0 bridgehead atoms. The van der Waals surface area contributed by atoms with Crippen molar-refractivity contribution in [2.45, 2.75) is 78.9 Å². The molecule has 0 fully saturated rings. The van der Waals surface area contributed by atoms with E-state index in [1.165, 1.54) is 0 Å². The van der Waals surface area contributed by atoms with E-state index in [2.05, 4.69) is 63.8 Å². The molecule has 4 unspecified atom stereocenters. The van der Waals surface area contributed by atoms with Gasteiger partial charge < -0.3 is 24.1 Å². The van der Waals surface area contributed by atoms with E-state index in [-0.39, 0.29) is 22.8 Å². The molecule has 0 aromatic carbocycles. The van der Waals surface area contributed by atoms with Gasteiger partial charge in [-0.1, -0.05) is 33.8 Å². The molecule has 0 heterocycles. The zero-order valence-electron chi connectivity index (χ0n) is 22.3. The van der Waals surface area contributed by atoms with Crippen molar-refractivity contribution in [2.75, 3.05) is 39.6 Å². The van der Waals surface area contributed by atoms with Crippen LogP contribution in [0.3, 0.4) is 0 Å². The molecule has 4 atom stereocenters. The summed E-state index contributed by atoms with van der Waals surface area (Å²) in [5, 5.41) is 10.6. The third-order valence-corrected chi connectivity index (χ3v) is 7.34. The number of hydrogen-bond donors (Lipinski definition) is 1. The number of hydrogen-bond acceptors (Lipinski definition) is 5. The summed E-state index contributed by atoms with van der Waals surface area (Å²) in [7, 11) is 4.26. The van der Waals surface area contributed by atoms with Crippen LogP contribution in [0.15, 0.2) is 12.7 Å². The van der Waals surface area contributed by atoms with Crippen LogP contribution in [0.5, 0.6) is 0 Å². The summed E-state index contributed by atoms with van der Waals surface area (Å²) in [5.41, 5.74) is -1.82. The Morgan fingerprint density at radius 2 is 1.39 bits per heavy atom. The van der Waals surface area contributed by atoms with Gasteiger partial charge in [0.1, 0.15) is 15.7 Å². The van der Waals surface area contributed by atoms with Crippen LogP contribution in [0.1, 0.15) is 62.3 Å². The molecule has 0 aliphatic carbocycles. The van der Waals surface area contributed by atoms with Gasteiger partial charge in [-0.2, -0.15) is 0 Å². The lowest BCUT2D eigenvalue weighted by molar-refractivity contribution is -0.146. The summed E-state index contributed by atoms with van der Waals surface area (Å²) in [6, 6.07) is 0. The predicted octanol–water partition coefficient (Wildman–Crippen LogP) is 2.64. The summed E-state index contributed by atoms with van der Waals surface area (Å²) in [6.45, 7) is 25.5. The standard InChI is InChI=1S/C24H50B2O5/c1-11-13-29-15-20(22(7,8)27)17-31-24(10,26)21(5,6)19(14-28-12-2)16-30-23(9,25)18(3)4/h11,18-20,27H,1,12-17,25-26H2,2-10H3. The second kappa shape index (κ2) is 12.8. The zero-order chi connectivity index (χ0) is 24.5. The predicted molar refractivity (Wildman–Crippen MR) is 135 cm³/mol. The van der Waals surface area contributed by atoms with Crippen molar-refractivity contribution in [1.82, 2.24) is 0 Å². The molecular formula is C24H50B2O5. The second-order valence-corrected chi connectivity index (χ2v) is 11.1. The molecule has 0 aliphatic rings. The molecule has 7 heteroatoms. The SMILES string of the molecule is BC(C)(OCC(COCC)C(C)(C)C(B)(C)OCC(COCC=C)C(C)(C)O)C(C)C. The van der Waals surface area contributed by atoms with E-state index in [1.54, 1.807) is 19.9 Å². The van der Waals surface area contributed by atoms with Gasteiger partial charge in [0.05, 0.1) is 38.6 Å².